The molecule has 0 atom stereocenters. The minimum Gasteiger partial charge on any atom is -0.466 e. The second-order valence-corrected chi connectivity index (χ2v) is 3.74. The minimum atomic E-state index is -0.227. The monoisotopic (exact) mass is 258 g/mol. The van der Waals surface area contributed by atoms with Gasteiger partial charge in [0, 0.05) is 0 Å². The molecule has 0 bridgehead atoms. The van der Waals surface area contributed by atoms with E-state index in [0.29, 0.717) is 18.1 Å². The first-order valence-electron chi connectivity index (χ1n) is 6.07. The summed E-state index contributed by atoms with van der Waals surface area (Å²) in [6.45, 7) is 9.44. The molecule has 0 N–H and O–H groups in total. The van der Waals surface area contributed by atoms with Gasteiger partial charge in [-0.25, -0.2) is 0 Å². The fourth-order valence-corrected chi connectivity index (χ4v) is 1.45. The number of ether oxygens (including phenoxy) is 2. The maximum Gasteiger partial charge on any atom is 0.310 e. The quantitative estimate of drug-likeness (QED) is 0.427. The standard InChI is InChI=1S/C16H18O3/c1-4-7-14(5-2)19-15-10-8-13(9-11-15)12-16(17)18-6-3/h4-5,7-11H,1-2,6,12H2,3H3/b14-7+. The largest absolute Gasteiger partial charge is 0.466 e. The van der Waals surface area contributed by atoms with E-state index in [1.54, 1.807) is 37.3 Å². The summed E-state index contributed by atoms with van der Waals surface area (Å²) in [5.41, 5.74) is 0.888. The van der Waals surface area contributed by atoms with Gasteiger partial charge in [-0.05, 0) is 36.8 Å². The lowest BCUT2D eigenvalue weighted by atomic mass is 10.1. The molecular formula is C16H18O3. The van der Waals surface area contributed by atoms with Crippen molar-refractivity contribution in [2.75, 3.05) is 6.61 Å². The molecule has 0 amide bonds. The van der Waals surface area contributed by atoms with Crippen LogP contribution in [-0.4, -0.2) is 12.6 Å². The molecule has 0 aliphatic heterocycles. The zero-order valence-electron chi connectivity index (χ0n) is 11.1. The van der Waals surface area contributed by atoms with Crippen molar-refractivity contribution in [1.82, 2.24) is 0 Å². The van der Waals surface area contributed by atoms with Gasteiger partial charge in [0.15, 0.2) is 0 Å². The number of rotatable bonds is 7. The lowest BCUT2D eigenvalue weighted by Gasteiger charge is -2.07. The van der Waals surface area contributed by atoms with Crippen LogP contribution < -0.4 is 4.74 Å². The Morgan fingerprint density at radius 3 is 2.47 bits per heavy atom. The number of allylic oxidation sites excluding steroid dienone is 3. The molecule has 0 spiro atoms. The van der Waals surface area contributed by atoms with Crippen LogP contribution in [0.25, 0.3) is 0 Å². The van der Waals surface area contributed by atoms with Gasteiger partial charge in [0.1, 0.15) is 11.5 Å². The Labute approximate surface area is 113 Å². The van der Waals surface area contributed by atoms with Crippen molar-refractivity contribution in [3.63, 3.8) is 0 Å². The van der Waals surface area contributed by atoms with Crippen molar-refractivity contribution in [3.8, 4) is 5.75 Å². The van der Waals surface area contributed by atoms with Gasteiger partial charge in [-0.3, -0.25) is 4.79 Å². The Kier molecular flexibility index (Phi) is 6.16. The highest BCUT2D eigenvalue weighted by Crippen LogP contribution is 2.16. The molecule has 3 heteroatoms. The predicted molar refractivity (Wildman–Crippen MR) is 75.9 cm³/mol. The average Bonchev–Trinajstić information content (AvgIpc) is 2.40. The summed E-state index contributed by atoms with van der Waals surface area (Å²) >= 11 is 0. The molecule has 0 aliphatic rings. The molecule has 3 nitrogen and oxygen atoms in total. The number of hydrogen-bond acceptors (Lipinski definition) is 3. The molecule has 100 valence electrons. The van der Waals surface area contributed by atoms with Gasteiger partial charge in [-0.15, -0.1) is 0 Å². The lowest BCUT2D eigenvalue weighted by Crippen LogP contribution is -2.07. The van der Waals surface area contributed by atoms with Gasteiger partial charge in [0.05, 0.1) is 13.0 Å². The van der Waals surface area contributed by atoms with Crippen molar-refractivity contribution in [2.45, 2.75) is 13.3 Å². The van der Waals surface area contributed by atoms with Crippen LogP contribution in [0, 0.1) is 0 Å². The van der Waals surface area contributed by atoms with E-state index in [1.165, 1.54) is 0 Å². The van der Waals surface area contributed by atoms with Crippen LogP contribution in [0.1, 0.15) is 12.5 Å². The van der Waals surface area contributed by atoms with Crippen LogP contribution in [0.2, 0.25) is 0 Å². The SMILES string of the molecule is C=C/C=C(\C=C)Oc1ccc(CC(=O)OCC)cc1. The van der Waals surface area contributed by atoms with Crippen molar-refractivity contribution < 1.29 is 14.3 Å². The second kappa shape index (κ2) is 7.93. The molecule has 0 unspecified atom stereocenters. The van der Waals surface area contributed by atoms with E-state index in [9.17, 15) is 4.79 Å². The highest BCUT2D eigenvalue weighted by atomic mass is 16.5. The van der Waals surface area contributed by atoms with E-state index in [2.05, 4.69) is 13.2 Å². The van der Waals surface area contributed by atoms with E-state index in [4.69, 9.17) is 9.47 Å². The second-order valence-electron chi connectivity index (χ2n) is 3.74. The molecule has 0 heterocycles. The summed E-state index contributed by atoms with van der Waals surface area (Å²) in [6, 6.07) is 7.27. The first-order valence-corrected chi connectivity index (χ1v) is 6.07. The van der Waals surface area contributed by atoms with Crippen LogP contribution in [0.15, 0.2) is 61.4 Å². The van der Waals surface area contributed by atoms with E-state index >= 15 is 0 Å². The third-order valence-corrected chi connectivity index (χ3v) is 2.30. The zero-order valence-corrected chi connectivity index (χ0v) is 11.1. The Morgan fingerprint density at radius 1 is 1.26 bits per heavy atom. The molecule has 0 aliphatic carbocycles. The van der Waals surface area contributed by atoms with E-state index in [0.717, 1.165) is 5.56 Å². The Bertz CT molecular complexity index is 469. The molecule has 19 heavy (non-hydrogen) atoms. The smallest absolute Gasteiger partial charge is 0.310 e. The summed E-state index contributed by atoms with van der Waals surface area (Å²) in [5.74, 6) is 1.07. The van der Waals surface area contributed by atoms with Crippen LogP contribution in [0.4, 0.5) is 0 Å². The Hall–Kier alpha value is -2.29. The van der Waals surface area contributed by atoms with Crippen LogP contribution in [0.3, 0.4) is 0 Å². The van der Waals surface area contributed by atoms with Gasteiger partial charge < -0.3 is 9.47 Å². The Balaban J connectivity index is 2.66. The van der Waals surface area contributed by atoms with Crippen LogP contribution in [0.5, 0.6) is 5.75 Å². The number of esters is 1. The third kappa shape index (κ3) is 5.25. The van der Waals surface area contributed by atoms with Gasteiger partial charge >= 0.3 is 5.97 Å². The van der Waals surface area contributed by atoms with E-state index < -0.39 is 0 Å². The molecule has 0 fully saturated rings. The van der Waals surface area contributed by atoms with Crippen LogP contribution >= 0.6 is 0 Å². The lowest BCUT2D eigenvalue weighted by molar-refractivity contribution is -0.142. The molecular weight excluding hydrogens is 240 g/mol. The van der Waals surface area contributed by atoms with Gasteiger partial charge in [-0.2, -0.15) is 0 Å². The number of carbonyl (C=O) groups excluding carboxylic acids is 1. The summed E-state index contributed by atoms with van der Waals surface area (Å²) in [6.07, 6.45) is 5.23. The van der Waals surface area contributed by atoms with Crippen molar-refractivity contribution in [1.29, 1.82) is 0 Å². The summed E-state index contributed by atoms with van der Waals surface area (Å²) in [5, 5.41) is 0. The highest BCUT2D eigenvalue weighted by molar-refractivity contribution is 5.72. The number of benzene rings is 1. The number of carbonyl (C=O) groups is 1. The van der Waals surface area contributed by atoms with Crippen LogP contribution in [-0.2, 0) is 16.0 Å². The zero-order chi connectivity index (χ0) is 14.1. The molecule has 0 radical (unpaired) electrons. The number of hydrogen-bond donors (Lipinski definition) is 0. The first-order chi connectivity index (χ1) is 9.19. The fraction of sp³-hybridized carbons (Fsp3) is 0.188. The van der Waals surface area contributed by atoms with Crippen molar-refractivity contribution in [2.24, 2.45) is 0 Å². The van der Waals surface area contributed by atoms with Gasteiger partial charge in [-0.1, -0.05) is 31.4 Å². The maximum atomic E-state index is 11.3. The fourth-order valence-electron chi connectivity index (χ4n) is 1.45. The normalized spacial score (nSPS) is 10.7. The maximum absolute atomic E-state index is 11.3. The summed E-state index contributed by atoms with van der Waals surface area (Å²) in [4.78, 5) is 11.3. The third-order valence-electron chi connectivity index (χ3n) is 2.30. The molecule has 0 saturated heterocycles. The first kappa shape index (κ1) is 14.8. The van der Waals surface area contributed by atoms with Gasteiger partial charge in [0.25, 0.3) is 0 Å². The molecule has 1 rings (SSSR count). The van der Waals surface area contributed by atoms with Gasteiger partial charge in [0.2, 0.25) is 0 Å². The van der Waals surface area contributed by atoms with E-state index in [-0.39, 0.29) is 12.4 Å². The highest BCUT2D eigenvalue weighted by Gasteiger charge is 2.04. The molecule has 1 aromatic rings. The Morgan fingerprint density at radius 2 is 1.95 bits per heavy atom. The summed E-state index contributed by atoms with van der Waals surface area (Å²) < 4.78 is 10.5. The average molecular weight is 258 g/mol. The topological polar surface area (TPSA) is 35.5 Å². The minimum absolute atomic E-state index is 0.227. The molecule has 0 saturated carbocycles. The van der Waals surface area contributed by atoms with Crippen molar-refractivity contribution >= 4 is 5.97 Å². The summed E-state index contributed by atoms with van der Waals surface area (Å²) in [7, 11) is 0. The van der Waals surface area contributed by atoms with E-state index in [1.807, 2.05) is 12.1 Å². The predicted octanol–water partition coefficient (Wildman–Crippen LogP) is 3.43. The van der Waals surface area contributed by atoms with Crippen molar-refractivity contribution in [3.05, 3.63) is 67.0 Å². The molecule has 1 aromatic carbocycles. The molecule has 0 aromatic heterocycles.